The molecule has 1 aliphatic heterocycles. The molecule has 0 atom stereocenters. The molecule has 3 heterocycles. The number of nitrogens with zero attached hydrogens (tertiary/aromatic N) is 5. The summed E-state index contributed by atoms with van der Waals surface area (Å²) in [6.45, 7) is 1.03. The molecule has 200 valence electrons. The number of piperazine rings is 1. The van der Waals surface area contributed by atoms with Gasteiger partial charge in [-0.05, 0) is 42.7 Å². The molecule has 0 radical (unpaired) electrons. The van der Waals surface area contributed by atoms with Gasteiger partial charge in [-0.1, -0.05) is 5.92 Å². The zero-order valence-electron chi connectivity index (χ0n) is 20.7. The lowest BCUT2D eigenvalue weighted by Gasteiger charge is -2.33. The zero-order valence-corrected chi connectivity index (χ0v) is 21.5. The van der Waals surface area contributed by atoms with Gasteiger partial charge in [0.25, 0.3) is 12.3 Å². The number of halogens is 2. The van der Waals surface area contributed by atoms with E-state index >= 15 is 0 Å². The fourth-order valence-corrected chi connectivity index (χ4v) is 4.07. The van der Waals surface area contributed by atoms with Crippen molar-refractivity contribution in [1.29, 1.82) is 5.41 Å². The Balaban J connectivity index is 0.00000420. The van der Waals surface area contributed by atoms with Crippen LogP contribution in [0.25, 0.3) is 11.1 Å². The van der Waals surface area contributed by atoms with Gasteiger partial charge in [0, 0.05) is 44.8 Å². The van der Waals surface area contributed by atoms with Crippen molar-refractivity contribution >= 4 is 39.6 Å². The van der Waals surface area contributed by atoms with Gasteiger partial charge in [-0.25, -0.2) is 13.8 Å². The van der Waals surface area contributed by atoms with Crippen molar-refractivity contribution in [3.63, 3.8) is 0 Å². The van der Waals surface area contributed by atoms with E-state index in [0.717, 1.165) is 36.9 Å². The lowest BCUT2D eigenvalue weighted by Crippen LogP contribution is -2.48. The van der Waals surface area contributed by atoms with E-state index in [2.05, 4.69) is 26.8 Å². The van der Waals surface area contributed by atoms with E-state index in [9.17, 15) is 18.4 Å². The van der Waals surface area contributed by atoms with E-state index in [-0.39, 0.29) is 46.5 Å². The van der Waals surface area contributed by atoms with Gasteiger partial charge in [0.1, 0.15) is 22.3 Å². The Morgan fingerprint density at radius 1 is 1.29 bits per heavy atom. The lowest BCUT2D eigenvalue weighted by molar-refractivity contribution is -0.129. The molecule has 1 saturated heterocycles. The summed E-state index contributed by atoms with van der Waals surface area (Å²) < 4.78 is 32.4. The number of nitrogens with two attached hydrogens (primary N) is 1. The molecule has 4 rings (SSSR count). The van der Waals surface area contributed by atoms with Crippen LogP contribution >= 0.6 is 11.8 Å². The Morgan fingerprint density at radius 2 is 2.05 bits per heavy atom. The van der Waals surface area contributed by atoms with Crippen molar-refractivity contribution in [2.24, 2.45) is 16.6 Å². The van der Waals surface area contributed by atoms with E-state index < -0.39 is 18.0 Å². The first kappa shape index (κ1) is 27.0. The lowest BCUT2D eigenvalue weighted by atomic mass is 10.00. The van der Waals surface area contributed by atoms with Crippen LogP contribution in [0, 0.1) is 23.2 Å². The molecule has 0 unspecified atom stereocenters. The van der Waals surface area contributed by atoms with E-state index in [1.807, 2.05) is 0 Å². The van der Waals surface area contributed by atoms with Gasteiger partial charge in [0.05, 0.1) is 25.4 Å². The highest BCUT2D eigenvalue weighted by molar-refractivity contribution is 8.26. The molecule has 2 fully saturated rings. The number of carbonyl (C=O) groups is 2. The van der Waals surface area contributed by atoms with Gasteiger partial charge in [-0.3, -0.25) is 20.0 Å². The van der Waals surface area contributed by atoms with Crippen molar-refractivity contribution in [2.45, 2.75) is 19.3 Å². The summed E-state index contributed by atoms with van der Waals surface area (Å²) in [5, 5.41) is 7.69. The molecule has 1 aliphatic carbocycles. The number of carbonyl (C=O) groups excluding carboxylic acids is 2. The number of alkyl halides is 2. The van der Waals surface area contributed by atoms with Gasteiger partial charge < -0.3 is 20.3 Å². The number of hydrogen-bond acceptors (Lipinski definition) is 8. The van der Waals surface area contributed by atoms with Crippen molar-refractivity contribution in [1.82, 2.24) is 14.9 Å². The number of rotatable bonds is 5. The van der Waals surface area contributed by atoms with Crippen molar-refractivity contribution in [3.8, 4) is 28.7 Å². The number of nitrogens with one attached hydrogen (secondary N) is 1. The van der Waals surface area contributed by atoms with Gasteiger partial charge in [0.15, 0.2) is 5.17 Å². The Bertz CT molecular complexity index is 1380. The summed E-state index contributed by atoms with van der Waals surface area (Å²) in [6.07, 6.45) is 1.57. The number of ether oxygens (including phenoxy) is 1. The van der Waals surface area contributed by atoms with Gasteiger partial charge in [0.2, 0.25) is 5.91 Å². The number of amidine groups is 1. The monoisotopic (exact) mass is 543 g/mol. The Morgan fingerprint density at radius 3 is 2.71 bits per heavy atom. The molecular formula is C25H27F2N7O3S. The number of thioether (sulfide) groups is 1. The fraction of sp³-hybridized carbons (Fsp3) is 0.360. The van der Waals surface area contributed by atoms with Crippen LogP contribution in [0.5, 0.6) is 5.75 Å². The highest BCUT2D eigenvalue weighted by atomic mass is 32.2. The van der Waals surface area contributed by atoms with E-state index in [1.165, 1.54) is 19.4 Å². The molecule has 0 aromatic carbocycles. The second-order valence-electron chi connectivity index (χ2n) is 8.67. The average Bonchev–Trinajstić information content (AvgIpc) is 3.73. The fourth-order valence-electron chi connectivity index (χ4n) is 3.62. The first-order valence-electron chi connectivity index (χ1n) is 11.6. The predicted octanol–water partition coefficient (Wildman–Crippen LogP) is 3.19. The summed E-state index contributed by atoms with van der Waals surface area (Å²) in [5.41, 5.74) is 5.74. The molecule has 1 saturated carbocycles. The minimum absolute atomic E-state index is 0. The molecule has 13 heteroatoms. The molecule has 0 spiro atoms. The summed E-state index contributed by atoms with van der Waals surface area (Å²) in [5.74, 6) is 5.55. The van der Waals surface area contributed by atoms with Gasteiger partial charge in [-0.15, -0.1) is 0 Å². The van der Waals surface area contributed by atoms with E-state index in [0.29, 0.717) is 24.8 Å². The molecule has 2 amide bonds. The predicted molar refractivity (Wildman–Crippen MR) is 143 cm³/mol. The van der Waals surface area contributed by atoms with Crippen LogP contribution in [-0.2, 0) is 4.79 Å². The molecular weight excluding hydrogens is 516 g/mol. The van der Waals surface area contributed by atoms with Crippen LogP contribution in [0.3, 0.4) is 0 Å². The number of pyridine rings is 2. The quantitative estimate of drug-likeness (QED) is 0.333. The standard InChI is InChI=1S/C25H25F2N7O3S.H2/c1-33-7-8-34(13-22(33)35)21-10-15(16-9-18(23(26)27)30-12-19(16)37-2)17(11-31-21)24(36)32-25(29)38-20(28)6-5-14-3-4-14;/h9-12,14,23,28H,3-4,7-8,13H2,1-2H3,(H2,29,32,36);1H. The third-order valence-corrected chi connectivity index (χ3v) is 6.52. The number of anilines is 1. The average molecular weight is 544 g/mol. The summed E-state index contributed by atoms with van der Waals surface area (Å²) in [6, 6.07) is 2.67. The first-order valence-corrected chi connectivity index (χ1v) is 12.5. The summed E-state index contributed by atoms with van der Waals surface area (Å²) in [7, 11) is 3.05. The number of amides is 2. The number of aliphatic imine (C=N–C) groups is 1. The van der Waals surface area contributed by atoms with Gasteiger partial charge in [-0.2, -0.15) is 4.99 Å². The van der Waals surface area contributed by atoms with E-state index in [1.54, 1.807) is 16.8 Å². The molecule has 2 aromatic heterocycles. The largest absolute Gasteiger partial charge is 0.494 e. The highest BCUT2D eigenvalue weighted by Crippen LogP contribution is 2.36. The van der Waals surface area contributed by atoms with Crippen molar-refractivity contribution in [2.75, 3.05) is 38.7 Å². The number of hydrogen-bond donors (Lipinski definition) is 2. The van der Waals surface area contributed by atoms with Crippen LogP contribution in [0.4, 0.5) is 14.6 Å². The normalized spacial score (nSPS) is 15.8. The number of likely N-dealkylation sites (N-methyl/N-ethyl adjacent to an activating group) is 1. The maximum absolute atomic E-state index is 13.5. The Kier molecular flexibility index (Phi) is 8.21. The van der Waals surface area contributed by atoms with Crippen LogP contribution in [0.2, 0.25) is 0 Å². The zero-order chi connectivity index (χ0) is 27.4. The summed E-state index contributed by atoms with van der Waals surface area (Å²) >= 11 is 0.746. The van der Waals surface area contributed by atoms with Crippen LogP contribution < -0.4 is 15.4 Å². The smallest absolute Gasteiger partial charge is 0.281 e. The van der Waals surface area contributed by atoms with Crippen LogP contribution in [0.15, 0.2) is 29.5 Å². The van der Waals surface area contributed by atoms with E-state index in [4.69, 9.17) is 15.9 Å². The minimum Gasteiger partial charge on any atom is -0.494 e. The second-order valence-corrected chi connectivity index (χ2v) is 9.70. The Hall–Kier alpha value is -4.05. The number of aromatic nitrogens is 2. The summed E-state index contributed by atoms with van der Waals surface area (Å²) in [4.78, 5) is 40.8. The highest BCUT2D eigenvalue weighted by Gasteiger charge is 2.26. The molecule has 38 heavy (non-hydrogen) atoms. The topological polar surface area (TPSA) is 138 Å². The maximum Gasteiger partial charge on any atom is 0.281 e. The third kappa shape index (κ3) is 6.44. The second kappa shape index (κ2) is 11.6. The minimum atomic E-state index is -2.86. The maximum atomic E-state index is 13.5. The Labute approximate surface area is 223 Å². The van der Waals surface area contributed by atoms with Gasteiger partial charge >= 0.3 is 0 Å². The van der Waals surface area contributed by atoms with Crippen LogP contribution in [-0.4, -0.2) is 70.7 Å². The first-order chi connectivity index (χ1) is 18.2. The molecule has 10 nitrogen and oxygen atoms in total. The molecule has 0 bridgehead atoms. The molecule has 3 N–H and O–H groups in total. The van der Waals surface area contributed by atoms with Crippen molar-refractivity contribution in [3.05, 3.63) is 35.8 Å². The molecule has 2 aromatic rings. The molecule has 2 aliphatic rings. The SMILES string of the molecule is COc1cnc(C(F)F)cc1-c1cc(N2CCN(C)C(=O)C2)ncc1C(=O)N=C(N)SC(=N)C#CC1CC1.[HH]. The number of methoxy groups -OCH3 is 1. The third-order valence-electron chi connectivity index (χ3n) is 5.91. The van der Waals surface area contributed by atoms with Crippen LogP contribution in [0.1, 0.15) is 36.7 Å². The van der Waals surface area contributed by atoms with Crippen molar-refractivity contribution < 1.29 is 24.5 Å².